The van der Waals surface area contributed by atoms with E-state index in [1.165, 1.54) is 19.2 Å². The van der Waals surface area contributed by atoms with Crippen molar-refractivity contribution in [2.24, 2.45) is 0 Å². The van der Waals surface area contributed by atoms with Gasteiger partial charge in [0.05, 0.1) is 54.4 Å². The van der Waals surface area contributed by atoms with Crippen LogP contribution in [0.3, 0.4) is 0 Å². The highest BCUT2D eigenvalue weighted by molar-refractivity contribution is 7.80. The summed E-state index contributed by atoms with van der Waals surface area (Å²) < 4.78 is 13.2. The zero-order valence-corrected chi connectivity index (χ0v) is 20.9. The smallest absolute Gasteiger partial charge is 0.273 e. The number of rotatable bonds is 7. The summed E-state index contributed by atoms with van der Waals surface area (Å²) in [6, 6.07) is 16.1. The molecule has 0 amide bonds. The predicted octanol–water partition coefficient (Wildman–Crippen LogP) is 5.17. The minimum atomic E-state index is -0.428. The van der Waals surface area contributed by atoms with E-state index in [9.17, 15) is 10.1 Å². The Morgan fingerprint density at radius 2 is 2.03 bits per heavy atom. The summed E-state index contributed by atoms with van der Waals surface area (Å²) in [7, 11) is 1.51. The number of hydrogen-bond acceptors (Lipinski definition) is 6. The number of methoxy groups -OCH3 is 1. The average molecular weight is 504 g/mol. The monoisotopic (exact) mass is 503 g/mol. The third-order valence-corrected chi connectivity index (χ3v) is 6.86. The normalized spacial score (nSPS) is 17.3. The van der Waals surface area contributed by atoms with Gasteiger partial charge in [-0.25, -0.2) is 0 Å². The molecule has 1 fully saturated rings. The fourth-order valence-corrected chi connectivity index (χ4v) is 5.21. The number of nitrogens with one attached hydrogen (secondary N) is 1. The molecule has 2 atom stereocenters. The van der Waals surface area contributed by atoms with Crippen LogP contribution in [0.4, 0.5) is 5.69 Å². The number of furan rings is 1. The molecular weight excluding hydrogens is 478 g/mol. The van der Waals surface area contributed by atoms with Gasteiger partial charge in [-0.3, -0.25) is 15.1 Å². The van der Waals surface area contributed by atoms with Crippen molar-refractivity contribution >= 4 is 23.0 Å². The van der Waals surface area contributed by atoms with Crippen LogP contribution >= 0.6 is 12.2 Å². The maximum atomic E-state index is 11.3. The fourth-order valence-electron chi connectivity index (χ4n) is 4.91. The minimum absolute atomic E-state index is 0.0246. The second-order valence-electron chi connectivity index (χ2n) is 8.61. The van der Waals surface area contributed by atoms with Crippen molar-refractivity contribution in [3.63, 3.8) is 0 Å². The summed E-state index contributed by atoms with van der Waals surface area (Å²) in [6.45, 7) is 4.53. The zero-order chi connectivity index (χ0) is 25.4. The van der Waals surface area contributed by atoms with Gasteiger partial charge < -0.3 is 23.9 Å². The highest BCUT2D eigenvalue weighted by Crippen LogP contribution is 2.43. The van der Waals surface area contributed by atoms with Gasteiger partial charge in [0.2, 0.25) is 0 Å². The van der Waals surface area contributed by atoms with Crippen LogP contribution in [-0.4, -0.2) is 31.6 Å². The molecule has 4 aromatic rings. The first-order valence-electron chi connectivity index (χ1n) is 11.4. The highest BCUT2D eigenvalue weighted by Gasteiger charge is 2.41. The molecule has 0 bridgehead atoms. The molecule has 1 saturated heterocycles. The van der Waals surface area contributed by atoms with E-state index in [1.54, 1.807) is 18.5 Å². The number of non-ortho nitro benzene ring substituents is 1. The van der Waals surface area contributed by atoms with Crippen LogP contribution in [0, 0.1) is 24.0 Å². The third kappa shape index (κ3) is 4.09. The van der Waals surface area contributed by atoms with Crippen molar-refractivity contribution in [3.8, 4) is 11.4 Å². The molecule has 184 valence electrons. The van der Waals surface area contributed by atoms with E-state index in [0.717, 1.165) is 34.1 Å². The van der Waals surface area contributed by atoms with Gasteiger partial charge in [-0.15, -0.1) is 0 Å². The molecule has 1 aromatic carbocycles. The van der Waals surface area contributed by atoms with Gasteiger partial charge in [-0.05, 0) is 68.0 Å². The molecule has 0 saturated carbocycles. The summed E-state index contributed by atoms with van der Waals surface area (Å²) in [6.07, 6.45) is 3.43. The SMILES string of the molecule is COc1cc([N+](=O)[O-])ccc1-n1c(C)cc([C@H]2[C@@H](c3ccccn3)NC(=S)N2Cc2ccco2)c1C. The maximum absolute atomic E-state index is 11.3. The predicted molar refractivity (Wildman–Crippen MR) is 138 cm³/mol. The number of thiocarbonyl (C=S) groups is 1. The molecule has 0 unspecified atom stereocenters. The Hall–Kier alpha value is -4.18. The number of hydrogen-bond donors (Lipinski definition) is 1. The number of benzene rings is 1. The van der Waals surface area contributed by atoms with Gasteiger partial charge in [-0.2, -0.15) is 0 Å². The number of pyridine rings is 1. The summed E-state index contributed by atoms with van der Waals surface area (Å²) in [5.74, 6) is 1.23. The molecule has 4 heterocycles. The van der Waals surface area contributed by atoms with Gasteiger partial charge in [0, 0.05) is 23.7 Å². The number of aryl methyl sites for hydroxylation is 1. The molecule has 5 rings (SSSR count). The van der Waals surface area contributed by atoms with Gasteiger partial charge in [0.15, 0.2) is 5.11 Å². The lowest BCUT2D eigenvalue weighted by Gasteiger charge is -2.27. The molecule has 0 spiro atoms. The van der Waals surface area contributed by atoms with Gasteiger partial charge >= 0.3 is 0 Å². The van der Waals surface area contributed by atoms with E-state index in [-0.39, 0.29) is 17.8 Å². The minimum Gasteiger partial charge on any atom is -0.494 e. The van der Waals surface area contributed by atoms with Crippen molar-refractivity contribution < 1.29 is 14.1 Å². The first-order valence-corrected chi connectivity index (χ1v) is 11.8. The van der Waals surface area contributed by atoms with Crippen molar-refractivity contribution in [1.29, 1.82) is 0 Å². The van der Waals surface area contributed by atoms with E-state index in [1.807, 2.05) is 44.2 Å². The van der Waals surface area contributed by atoms with E-state index in [2.05, 4.69) is 25.8 Å². The van der Waals surface area contributed by atoms with Crippen LogP contribution in [0.15, 0.2) is 71.5 Å². The largest absolute Gasteiger partial charge is 0.494 e. The Balaban J connectivity index is 1.63. The maximum Gasteiger partial charge on any atom is 0.273 e. The lowest BCUT2D eigenvalue weighted by Crippen LogP contribution is -2.29. The summed E-state index contributed by atoms with van der Waals surface area (Å²) in [5, 5.41) is 15.4. The topological polar surface area (TPSA) is 98.6 Å². The first kappa shape index (κ1) is 23.6. The standard InChI is InChI=1S/C26H25N5O4S/c1-16-13-20(17(2)30(16)22-10-9-18(31(32)33)14-23(22)34-3)25-24(21-8-4-5-11-27-21)28-26(36)29(25)15-19-7-6-12-35-19/h4-14,24-25H,15H2,1-3H3,(H,28,36)/t24-,25+/m1/s1. The van der Waals surface area contributed by atoms with Gasteiger partial charge in [0.25, 0.3) is 5.69 Å². The molecular formula is C26H25N5O4S. The molecule has 0 radical (unpaired) electrons. The Labute approximate surface area is 213 Å². The average Bonchev–Trinajstić information content (AvgIpc) is 3.58. The number of nitrogens with zero attached hydrogens (tertiary/aromatic N) is 4. The fraction of sp³-hybridized carbons (Fsp3) is 0.231. The zero-order valence-electron chi connectivity index (χ0n) is 20.0. The molecule has 36 heavy (non-hydrogen) atoms. The molecule has 1 aliphatic heterocycles. The number of aromatic nitrogens is 2. The number of nitro groups is 1. The van der Waals surface area contributed by atoms with E-state index >= 15 is 0 Å². The summed E-state index contributed by atoms with van der Waals surface area (Å²) in [5.41, 5.74) is 4.58. The lowest BCUT2D eigenvalue weighted by molar-refractivity contribution is -0.384. The summed E-state index contributed by atoms with van der Waals surface area (Å²) in [4.78, 5) is 17.6. The van der Waals surface area contributed by atoms with E-state index in [4.69, 9.17) is 21.4 Å². The quantitative estimate of drug-likeness (QED) is 0.209. The lowest BCUT2D eigenvalue weighted by atomic mass is 9.96. The number of ether oxygens (including phenoxy) is 1. The Morgan fingerprint density at radius 3 is 2.69 bits per heavy atom. The molecule has 0 aliphatic carbocycles. The molecule has 10 heteroatoms. The van der Waals surface area contributed by atoms with Crippen molar-refractivity contribution in [3.05, 3.63) is 106 Å². The Bertz CT molecular complexity index is 1420. The second kappa shape index (κ2) is 9.46. The number of nitro benzene ring substituents is 1. The molecule has 1 aliphatic rings. The summed E-state index contributed by atoms with van der Waals surface area (Å²) >= 11 is 5.78. The van der Waals surface area contributed by atoms with Crippen LogP contribution < -0.4 is 10.1 Å². The Morgan fingerprint density at radius 1 is 1.19 bits per heavy atom. The Kier molecular flexibility index (Phi) is 6.19. The van der Waals surface area contributed by atoms with Crippen molar-refractivity contribution in [2.45, 2.75) is 32.5 Å². The molecule has 1 N–H and O–H groups in total. The highest BCUT2D eigenvalue weighted by atomic mass is 32.1. The van der Waals surface area contributed by atoms with Crippen molar-refractivity contribution in [1.82, 2.24) is 19.8 Å². The van der Waals surface area contributed by atoms with Crippen LogP contribution in [0.1, 0.15) is 40.5 Å². The van der Waals surface area contributed by atoms with Gasteiger partial charge in [-0.1, -0.05) is 6.07 Å². The molecule has 3 aromatic heterocycles. The van der Waals surface area contributed by atoms with E-state index in [0.29, 0.717) is 17.4 Å². The third-order valence-electron chi connectivity index (χ3n) is 6.51. The van der Waals surface area contributed by atoms with Crippen LogP contribution in [-0.2, 0) is 6.54 Å². The molecule has 9 nitrogen and oxygen atoms in total. The van der Waals surface area contributed by atoms with Crippen molar-refractivity contribution in [2.75, 3.05) is 7.11 Å². The van der Waals surface area contributed by atoms with Crippen LogP contribution in [0.2, 0.25) is 0 Å². The second-order valence-corrected chi connectivity index (χ2v) is 9.00. The first-order chi connectivity index (χ1) is 17.4. The van der Waals surface area contributed by atoms with Gasteiger partial charge in [0.1, 0.15) is 11.5 Å². The van der Waals surface area contributed by atoms with E-state index < -0.39 is 4.92 Å². The van der Waals surface area contributed by atoms with Crippen LogP contribution in [0.25, 0.3) is 5.69 Å². The van der Waals surface area contributed by atoms with Crippen LogP contribution in [0.5, 0.6) is 5.75 Å².